The third-order valence-corrected chi connectivity index (χ3v) is 5.74. The highest BCUT2D eigenvalue weighted by molar-refractivity contribution is 5.81. The van der Waals surface area contributed by atoms with Crippen molar-refractivity contribution < 1.29 is 4.79 Å². The molecule has 0 radical (unpaired) electrons. The Morgan fingerprint density at radius 2 is 1.94 bits per heavy atom. The van der Waals surface area contributed by atoms with E-state index in [1.807, 2.05) is 24.2 Å². The summed E-state index contributed by atoms with van der Waals surface area (Å²) in [4.78, 5) is 27.1. The molecule has 3 heterocycles. The lowest BCUT2D eigenvalue weighted by Gasteiger charge is -2.13. The number of fused-ring (bicyclic) bond motifs is 1. The highest BCUT2D eigenvalue weighted by Crippen LogP contribution is 2.32. The highest BCUT2D eigenvalue weighted by Gasteiger charge is 2.18. The van der Waals surface area contributed by atoms with Crippen LogP contribution in [0.5, 0.6) is 0 Å². The number of aromatic nitrogens is 4. The Bertz CT molecular complexity index is 1250. The van der Waals surface area contributed by atoms with Gasteiger partial charge in [0.15, 0.2) is 0 Å². The average molecular weight is 443 g/mol. The molecule has 0 saturated heterocycles. The van der Waals surface area contributed by atoms with Crippen molar-refractivity contribution >= 4 is 17.9 Å². The normalized spacial score (nSPS) is 12.3. The fourth-order valence-corrected chi connectivity index (χ4v) is 3.73. The van der Waals surface area contributed by atoms with Crippen molar-refractivity contribution in [1.29, 1.82) is 0 Å². The summed E-state index contributed by atoms with van der Waals surface area (Å²) in [6, 6.07) is 14.7. The van der Waals surface area contributed by atoms with Crippen LogP contribution in [0.2, 0.25) is 0 Å². The number of anilines is 1. The van der Waals surface area contributed by atoms with Gasteiger partial charge in [-0.1, -0.05) is 36.8 Å². The van der Waals surface area contributed by atoms with Crippen LogP contribution in [-0.2, 0) is 11.3 Å². The second-order valence-corrected chi connectivity index (χ2v) is 8.52. The monoisotopic (exact) mass is 442 g/mol. The molecule has 1 N–H and O–H groups in total. The number of imidazole rings is 1. The van der Waals surface area contributed by atoms with Gasteiger partial charge in [0.1, 0.15) is 11.9 Å². The van der Waals surface area contributed by atoms with E-state index in [4.69, 9.17) is 9.97 Å². The van der Waals surface area contributed by atoms with Crippen molar-refractivity contribution in [3.8, 4) is 22.6 Å². The lowest BCUT2D eigenvalue weighted by molar-refractivity contribution is -0.108. The number of likely N-dealkylation sites (N-methyl/N-ethyl adjacent to an activating group) is 1. The highest BCUT2D eigenvalue weighted by atomic mass is 16.1. The van der Waals surface area contributed by atoms with Gasteiger partial charge in [-0.15, -0.1) is 0 Å². The lowest BCUT2D eigenvalue weighted by atomic mass is 10.1. The molecule has 0 saturated carbocycles. The SMILES string of the molecule is CCC(C)Nc1nccc(-c2c(-c3ccc(C)cc3)nc3cc(CN(C)CC=O)ccn23)n1. The molecule has 4 aromatic rings. The molecule has 0 aliphatic rings. The molecule has 0 fully saturated rings. The second-order valence-electron chi connectivity index (χ2n) is 8.52. The van der Waals surface area contributed by atoms with Crippen LogP contribution in [0.1, 0.15) is 31.4 Å². The van der Waals surface area contributed by atoms with Crippen molar-refractivity contribution in [2.24, 2.45) is 0 Å². The number of rotatable bonds is 9. The minimum atomic E-state index is 0.282. The molecule has 33 heavy (non-hydrogen) atoms. The molecule has 0 amide bonds. The standard InChI is InChI=1S/C26H30N6O/c1-5-19(3)28-26-27-12-10-22(29-26)25-24(21-8-6-18(2)7-9-21)30-23-16-20(11-13-32(23)25)17-31(4)14-15-33/h6-13,15-16,19H,5,14,17H2,1-4H3,(H,27,28,29). The van der Waals surface area contributed by atoms with Crippen LogP contribution in [0.15, 0.2) is 54.9 Å². The van der Waals surface area contributed by atoms with Gasteiger partial charge in [0.25, 0.3) is 0 Å². The van der Waals surface area contributed by atoms with Gasteiger partial charge in [0.05, 0.1) is 23.6 Å². The van der Waals surface area contributed by atoms with E-state index in [9.17, 15) is 4.79 Å². The van der Waals surface area contributed by atoms with Crippen LogP contribution < -0.4 is 5.32 Å². The molecule has 1 atom stereocenters. The van der Waals surface area contributed by atoms with Gasteiger partial charge in [-0.2, -0.15) is 0 Å². The van der Waals surface area contributed by atoms with Crippen molar-refractivity contribution in [3.63, 3.8) is 0 Å². The maximum Gasteiger partial charge on any atom is 0.223 e. The number of carbonyl (C=O) groups is 1. The molecular weight excluding hydrogens is 412 g/mol. The summed E-state index contributed by atoms with van der Waals surface area (Å²) in [5.74, 6) is 0.610. The Morgan fingerprint density at radius 1 is 1.15 bits per heavy atom. The topological polar surface area (TPSA) is 75.4 Å². The van der Waals surface area contributed by atoms with E-state index in [-0.39, 0.29) is 6.04 Å². The summed E-state index contributed by atoms with van der Waals surface area (Å²) < 4.78 is 2.08. The number of pyridine rings is 1. The zero-order valence-electron chi connectivity index (χ0n) is 19.6. The molecule has 1 unspecified atom stereocenters. The molecule has 4 rings (SSSR count). The summed E-state index contributed by atoms with van der Waals surface area (Å²) in [7, 11) is 1.93. The molecule has 0 bridgehead atoms. The van der Waals surface area contributed by atoms with E-state index in [1.54, 1.807) is 6.20 Å². The largest absolute Gasteiger partial charge is 0.352 e. The number of carbonyl (C=O) groups excluding carboxylic acids is 1. The molecule has 0 aliphatic carbocycles. The smallest absolute Gasteiger partial charge is 0.223 e. The van der Waals surface area contributed by atoms with Gasteiger partial charge < -0.3 is 10.1 Å². The molecule has 170 valence electrons. The molecule has 1 aromatic carbocycles. The number of nitrogens with one attached hydrogen (secondary N) is 1. The van der Waals surface area contributed by atoms with Crippen LogP contribution in [0.4, 0.5) is 5.95 Å². The summed E-state index contributed by atoms with van der Waals surface area (Å²) >= 11 is 0. The molecular formula is C26H30N6O. The van der Waals surface area contributed by atoms with E-state index >= 15 is 0 Å². The van der Waals surface area contributed by atoms with Gasteiger partial charge in [0.2, 0.25) is 5.95 Å². The zero-order valence-corrected chi connectivity index (χ0v) is 19.6. The average Bonchev–Trinajstić information content (AvgIpc) is 3.18. The molecule has 7 nitrogen and oxygen atoms in total. The van der Waals surface area contributed by atoms with E-state index < -0.39 is 0 Å². The molecule has 7 heteroatoms. The van der Waals surface area contributed by atoms with Crippen molar-refractivity contribution in [2.45, 2.75) is 39.8 Å². The number of hydrogen-bond acceptors (Lipinski definition) is 6. The van der Waals surface area contributed by atoms with Crippen molar-refractivity contribution in [2.75, 3.05) is 18.9 Å². The predicted octanol–water partition coefficient (Wildman–Crippen LogP) is 4.61. The minimum Gasteiger partial charge on any atom is -0.352 e. The Hall–Kier alpha value is -3.58. The van der Waals surface area contributed by atoms with Crippen LogP contribution in [0.25, 0.3) is 28.3 Å². The zero-order chi connectivity index (χ0) is 23.4. The predicted molar refractivity (Wildman–Crippen MR) is 132 cm³/mol. The number of benzene rings is 1. The van der Waals surface area contributed by atoms with E-state index in [2.05, 4.69) is 71.9 Å². The third-order valence-electron chi connectivity index (χ3n) is 5.74. The Balaban J connectivity index is 1.84. The minimum absolute atomic E-state index is 0.282. The number of aldehydes is 1. The summed E-state index contributed by atoms with van der Waals surface area (Å²) in [6.07, 6.45) is 5.72. The van der Waals surface area contributed by atoms with Gasteiger partial charge >= 0.3 is 0 Å². The first kappa shape index (κ1) is 22.6. The Kier molecular flexibility index (Phi) is 6.79. The quantitative estimate of drug-likeness (QED) is 0.382. The van der Waals surface area contributed by atoms with Crippen LogP contribution in [0, 0.1) is 6.92 Å². The van der Waals surface area contributed by atoms with Gasteiger partial charge in [-0.3, -0.25) is 9.30 Å². The van der Waals surface area contributed by atoms with Crippen molar-refractivity contribution in [1.82, 2.24) is 24.3 Å². The second kappa shape index (κ2) is 9.92. The fourth-order valence-electron chi connectivity index (χ4n) is 3.73. The number of nitrogens with zero attached hydrogens (tertiary/aromatic N) is 5. The first-order valence-corrected chi connectivity index (χ1v) is 11.3. The van der Waals surface area contributed by atoms with E-state index in [0.717, 1.165) is 46.6 Å². The summed E-state index contributed by atoms with van der Waals surface area (Å²) in [5.41, 5.74) is 6.79. The van der Waals surface area contributed by atoms with Crippen molar-refractivity contribution in [3.05, 3.63) is 66.0 Å². The van der Waals surface area contributed by atoms with Gasteiger partial charge in [-0.25, -0.2) is 15.0 Å². The van der Waals surface area contributed by atoms with Crippen LogP contribution >= 0.6 is 0 Å². The van der Waals surface area contributed by atoms with Crippen LogP contribution in [-0.4, -0.2) is 50.2 Å². The maximum atomic E-state index is 10.8. The molecule has 0 spiro atoms. The number of hydrogen-bond donors (Lipinski definition) is 1. The van der Waals surface area contributed by atoms with Crippen LogP contribution in [0.3, 0.4) is 0 Å². The number of aryl methyl sites for hydroxylation is 1. The van der Waals surface area contributed by atoms with E-state index in [1.165, 1.54) is 5.56 Å². The summed E-state index contributed by atoms with van der Waals surface area (Å²) in [5, 5.41) is 3.37. The first-order valence-electron chi connectivity index (χ1n) is 11.3. The summed E-state index contributed by atoms with van der Waals surface area (Å²) in [6.45, 7) is 7.39. The first-order chi connectivity index (χ1) is 16.0. The van der Waals surface area contributed by atoms with Gasteiger partial charge in [-0.05, 0) is 51.1 Å². The fraction of sp³-hybridized carbons (Fsp3) is 0.308. The molecule has 0 aliphatic heterocycles. The van der Waals surface area contributed by atoms with Gasteiger partial charge in [0, 0.05) is 30.5 Å². The Labute approximate surface area is 194 Å². The lowest BCUT2D eigenvalue weighted by Crippen LogP contribution is -2.19. The third kappa shape index (κ3) is 5.09. The maximum absolute atomic E-state index is 10.8. The Morgan fingerprint density at radius 3 is 2.67 bits per heavy atom. The van der Waals surface area contributed by atoms with E-state index in [0.29, 0.717) is 19.0 Å². The molecule has 3 aromatic heterocycles.